The highest BCUT2D eigenvalue weighted by Gasteiger charge is 2.70. The van der Waals surface area contributed by atoms with Crippen LogP contribution in [0, 0.1) is 0 Å². The summed E-state index contributed by atoms with van der Waals surface area (Å²) in [6.07, 6.45) is -0.253. The predicted molar refractivity (Wildman–Crippen MR) is 87.1 cm³/mol. The van der Waals surface area contributed by atoms with E-state index in [0.717, 1.165) is 4.90 Å². The molecule has 3 aliphatic heterocycles. The Labute approximate surface area is 146 Å². The number of ether oxygens (including phenoxy) is 2. The van der Waals surface area contributed by atoms with Crippen molar-refractivity contribution in [2.75, 3.05) is 26.3 Å². The molecular weight excluding hydrogens is 351 g/mol. The van der Waals surface area contributed by atoms with Gasteiger partial charge in [-0.1, -0.05) is 13.8 Å². The number of imide groups is 1. The summed E-state index contributed by atoms with van der Waals surface area (Å²) in [4.78, 5) is 48.9. The molecule has 0 radical (unpaired) electrons. The SMILES string of the molecule is CCC(CC)(C1(C)C(=O)N(CC2CO2)C(=O)N1CC1CO1)P(=O)(O)O. The maximum Gasteiger partial charge on any atom is 0.334 e. The van der Waals surface area contributed by atoms with Crippen molar-refractivity contribution in [3.05, 3.63) is 0 Å². The first-order valence-corrected chi connectivity index (χ1v) is 10.2. The van der Waals surface area contributed by atoms with Crippen molar-refractivity contribution >= 4 is 19.5 Å². The van der Waals surface area contributed by atoms with E-state index in [4.69, 9.17) is 9.47 Å². The molecule has 142 valence electrons. The highest BCUT2D eigenvalue weighted by molar-refractivity contribution is 7.53. The van der Waals surface area contributed by atoms with Crippen molar-refractivity contribution in [3.63, 3.8) is 0 Å². The molecule has 3 atom stereocenters. The Morgan fingerprint density at radius 2 is 1.64 bits per heavy atom. The summed E-state index contributed by atoms with van der Waals surface area (Å²) in [7, 11) is -4.70. The molecule has 0 aromatic carbocycles. The lowest BCUT2D eigenvalue weighted by Gasteiger charge is -2.47. The average molecular weight is 376 g/mol. The highest BCUT2D eigenvalue weighted by atomic mass is 31.2. The van der Waals surface area contributed by atoms with Crippen LogP contribution in [0.25, 0.3) is 0 Å². The molecule has 0 aromatic rings. The summed E-state index contributed by atoms with van der Waals surface area (Å²) < 4.78 is 22.8. The highest BCUT2D eigenvalue weighted by Crippen LogP contribution is 2.62. The molecule has 25 heavy (non-hydrogen) atoms. The predicted octanol–water partition coefficient (Wildman–Crippen LogP) is 0.543. The van der Waals surface area contributed by atoms with Crippen LogP contribution in [0.2, 0.25) is 0 Å². The maximum atomic E-state index is 13.2. The van der Waals surface area contributed by atoms with Crippen molar-refractivity contribution in [1.82, 2.24) is 9.80 Å². The van der Waals surface area contributed by atoms with Gasteiger partial charge in [0.2, 0.25) is 0 Å². The fraction of sp³-hybridized carbons (Fsp3) is 0.867. The first-order chi connectivity index (χ1) is 11.6. The molecule has 0 saturated carbocycles. The number of rotatable bonds is 8. The Hall–Kier alpha value is -0.990. The summed E-state index contributed by atoms with van der Waals surface area (Å²) in [6, 6.07) is -0.529. The van der Waals surface area contributed by atoms with E-state index in [0.29, 0.717) is 13.2 Å². The third-order valence-electron chi connectivity index (χ3n) is 5.87. The maximum absolute atomic E-state index is 13.2. The molecule has 3 amide bonds. The van der Waals surface area contributed by atoms with E-state index in [-0.39, 0.29) is 38.1 Å². The minimum atomic E-state index is -4.70. The quantitative estimate of drug-likeness (QED) is 0.360. The Bertz CT molecular complexity index is 623. The number of hydrogen-bond acceptors (Lipinski definition) is 5. The largest absolute Gasteiger partial charge is 0.371 e. The molecule has 9 nitrogen and oxygen atoms in total. The van der Waals surface area contributed by atoms with E-state index in [1.807, 2.05) is 0 Å². The zero-order valence-corrected chi connectivity index (χ0v) is 15.6. The van der Waals surface area contributed by atoms with Crippen LogP contribution in [0.4, 0.5) is 4.79 Å². The second-order valence-electron chi connectivity index (χ2n) is 7.07. The number of carbonyl (C=O) groups excluding carboxylic acids is 2. The number of nitrogens with zero attached hydrogens (tertiary/aromatic N) is 2. The Kier molecular flexibility index (Phi) is 4.53. The molecule has 3 saturated heterocycles. The summed E-state index contributed by atoms with van der Waals surface area (Å²) in [5, 5.41) is -1.65. The second kappa shape index (κ2) is 6.03. The van der Waals surface area contributed by atoms with E-state index in [2.05, 4.69) is 0 Å². The van der Waals surface area contributed by atoms with E-state index in [1.54, 1.807) is 13.8 Å². The molecule has 2 N–H and O–H groups in total. The lowest BCUT2D eigenvalue weighted by Crippen LogP contribution is -2.63. The molecule has 0 spiro atoms. The topological polar surface area (TPSA) is 123 Å². The van der Waals surface area contributed by atoms with Gasteiger partial charge in [0.25, 0.3) is 5.91 Å². The van der Waals surface area contributed by atoms with Gasteiger partial charge in [-0.2, -0.15) is 0 Å². The van der Waals surface area contributed by atoms with Gasteiger partial charge < -0.3 is 24.2 Å². The molecule has 0 aliphatic carbocycles. The molecule has 10 heteroatoms. The number of amides is 3. The molecule has 3 fully saturated rings. The lowest BCUT2D eigenvalue weighted by molar-refractivity contribution is -0.135. The Morgan fingerprint density at radius 1 is 1.16 bits per heavy atom. The van der Waals surface area contributed by atoms with Gasteiger partial charge in [-0.3, -0.25) is 14.3 Å². The van der Waals surface area contributed by atoms with Crippen LogP contribution in [0.15, 0.2) is 0 Å². The summed E-state index contributed by atoms with van der Waals surface area (Å²) >= 11 is 0. The molecule has 3 unspecified atom stereocenters. The second-order valence-corrected chi connectivity index (χ2v) is 9.02. The Morgan fingerprint density at radius 3 is 2.04 bits per heavy atom. The normalized spacial score (nSPS) is 32.5. The zero-order valence-electron chi connectivity index (χ0n) is 14.7. The van der Waals surface area contributed by atoms with Gasteiger partial charge in [0.15, 0.2) is 0 Å². The van der Waals surface area contributed by atoms with Crippen LogP contribution in [0.1, 0.15) is 33.6 Å². The number of urea groups is 1. The fourth-order valence-corrected chi connectivity index (χ4v) is 5.67. The number of epoxide rings is 2. The third-order valence-corrected chi connectivity index (χ3v) is 8.06. The van der Waals surface area contributed by atoms with Crippen LogP contribution in [0.3, 0.4) is 0 Å². The summed E-state index contributed by atoms with van der Waals surface area (Å²) in [6.45, 7) is 5.97. The van der Waals surface area contributed by atoms with E-state index in [9.17, 15) is 23.9 Å². The first-order valence-electron chi connectivity index (χ1n) is 8.54. The van der Waals surface area contributed by atoms with Crippen LogP contribution in [-0.4, -0.2) is 80.7 Å². The molecule has 0 aromatic heterocycles. The smallest absolute Gasteiger partial charge is 0.334 e. The van der Waals surface area contributed by atoms with Crippen molar-refractivity contribution < 1.29 is 33.4 Å². The first kappa shape index (κ1) is 18.8. The number of hydrogen-bond donors (Lipinski definition) is 2. The van der Waals surface area contributed by atoms with Gasteiger partial charge in [-0.05, 0) is 19.8 Å². The molecule has 3 heterocycles. The van der Waals surface area contributed by atoms with Crippen LogP contribution < -0.4 is 0 Å². The Balaban J connectivity index is 2.07. The van der Waals surface area contributed by atoms with Crippen molar-refractivity contribution in [3.8, 4) is 0 Å². The lowest BCUT2D eigenvalue weighted by atomic mass is 9.79. The molecular formula is C15H25N2O7P. The van der Waals surface area contributed by atoms with Gasteiger partial charge in [0, 0.05) is 0 Å². The molecule has 0 bridgehead atoms. The van der Waals surface area contributed by atoms with E-state index in [1.165, 1.54) is 11.8 Å². The fourth-order valence-electron chi connectivity index (χ4n) is 4.06. The van der Waals surface area contributed by atoms with Crippen LogP contribution >= 0.6 is 7.60 Å². The van der Waals surface area contributed by atoms with Gasteiger partial charge in [0.05, 0.1) is 38.5 Å². The van der Waals surface area contributed by atoms with E-state index < -0.39 is 30.2 Å². The standard InChI is InChI=1S/C15H25N2O7P/c1-4-15(5-2,25(20,21)22)14(3)12(18)16(6-10-8-23-10)13(19)17(14)7-11-9-24-11/h10-11H,4-9H2,1-3H3,(H2,20,21,22). The third kappa shape index (κ3) is 2.73. The van der Waals surface area contributed by atoms with Crippen molar-refractivity contribution in [2.24, 2.45) is 0 Å². The van der Waals surface area contributed by atoms with Gasteiger partial charge in [0.1, 0.15) is 10.7 Å². The minimum absolute atomic E-state index is 0.0685. The van der Waals surface area contributed by atoms with Gasteiger partial charge in [-0.25, -0.2) is 4.79 Å². The van der Waals surface area contributed by atoms with Crippen LogP contribution in [0.5, 0.6) is 0 Å². The molecule has 3 aliphatic rings. The van der Waals surface area contributed by atoms with Crippen molar-refractivity contribution in [1.29, 1.82) is 0 Å². The monoisotopic (exact) mass is 376 g/mol. The number of carbonyl (C=O) groups is 2. The zero-order chi connectivity index (χ0) is 18.6. The van der Waals surface area contributed by atoms with Crippen molar-refractivity contribution in [2.45, 2.75) is 56.5 Å². The van der Waals surface area contributed by atoms with Gasteiger partial charge in [-0.15, -0.1) is 0 Å². The summed E-state index contributed by atoms with van der Waals surface area (Å²) in [5.41, 5.74) is -1.63. The molecule has 3 rings (SSSR count). The van der Waals surface area contributed by atoms with E-state index >= 15 is 0 Å². The van der Waals surface area contributed by atoms with Crippen LogP contribution in [-0.2, 0) is 18.8 Å². The summed E-state index contributed by atoms with van der Waals surface area (Å²) in [5.74, 6) is -0.569. The van der Waals surface area contributed by atoms with Gasteiger partial charge >= 0.3 is 13.6 Å². The minimum Gasteiger partial charge on any atom is -0.371 e. The average Bonchev–Trinajstić information content (AvgIpc) is 3.43.